The Hall–Kier alpha value is -2.32. The van der Waals surface area contributed by atoms with E-state index in [-0.39, 0.29) is 5.91 Å². The first-order valence-electron chi connectivity index (χ1n) is 11.6. The zero-order chi connectivity index (χ0) is 22.9. The van der Waals surface area contributed by atoms with Gasteiger partial charge in [0.2, 0.25) is 5.91 Å². The van der Waals surface area contributed by atoms with E-state index in [0.717, 1.165) is 57.7 Å². The first kappa shape index (κ1) is 24.3. The number of methoxy groups -OCH3 is 2. The summed E-state index contributed by atoms with van der Waals surface area (Å²) in [5, 5.41) is 9.68. The standard InChI is InChI=1S/C24H36N2O6/c1-30-21-9-8-18(16-22(21)31-2)17-26(11-5-10-25-12-14-32-15-13-25)23(27)19-6-3-4-7-20(19)24(28)29/h8-9,16,19-20H,3-7,10-15,17H2,1-2H3,(H,28,29). The summed E-state index contributed by atoms with van der Waals surface area (Å²) in [6.45, 7) is 5.22. The van der Waals surface area contributed by atoms with E-state index in [1.54, 1.807) is 14.2 Å². The summed E-state index contributed by atoms with van der Waals surface area (Å²) in [4.78, 5) is 29.5. The van der Waals surface area contributed by atoms with E-state index in [2.05, 4.69) is 4.90 Å². The lowest BCUT2D eigenvalue weighted by Gasteiger charge is -2.34. The van der Waals surface area contributed by atoms with Gasteiger partial charge in [0, 0.05) is 32.7 Å². The lowest BCUT2D eigenvalue weighted by Crippen LogP contribution is -2.43. The number of benzene rings is 1. The first-order chi connectivity index (χ1) is 15.5. The second-order valence-electron chi connectivity index (χ2n) is 8.59. The number of hydrogen-bond donors (Lipinski definition) is 1. The molecule has 178 valence electrons. The van der Waals surface area contributed by atoms with Crippen molar-refractivity contribution in [1.29, 1.82) is 0 Å². The molecule has 1 aliphatic carbocycles. The highest BCUT2D eigenvalue weighted by molar-refractivity contribution is 5.85. The third-order valence-electron chi connectivity index (χ3n) is 6.54. The molecule has 2 unspecified atom stereocenters. The minimum Gasteiger partial charge on any atom is -0.493 e. The molecule has 1 amide bonds. The van der Waals surface area contributed by atoms with Gasteiger partial charge in [-0.3, -0.25) is 14.5 Å². The van der Waals surface area contributed by atoms with Crippen molar-refractivity contribution in [2.45, 2.75) is 38.6 Å². The summed E-state index contributed by atoms with van der Waals surface area (Å²) in [5.74, 6) is -0.698. The number of ether oxygens (including phenoxy) is 3. The summed E-state index contributed by atoms with van der Waals surface area (Å²) in [6.07, 6.45) is 3.82. The maximum Gasteiger partial charge on any atom is 0.307 e. The number of carbonyl (C=O) groups is 2. The minimum absolute atomic E-state index is 0.0473. The van der Waals surface area contributed by atoms with Crippen LogP contribution < -0.4 is 9.47 Å². The van der Waals surface area contributed by atoms with Crippen LogP contribution in [0.4, 0.5) is 0 Å². The van der Waals surface area contributed by atoms with Crippen LogP contribution in [0.2, 0.25) is 0 Å². The van der Waals surface area contributed by atoms with Gasteiger partial charge in [-0.2, -0.15) is 0 Å². The van der Waals surface area contributed by atoms with Crippen molar-refractivity contribution >= 4 is 11.9 Å². The molecule has 1 saturated heterocycles. The van der Waals surface area contributed by atoms with Crippen LogP contribution in [0, 0.1) is 11.8 Å². The summed E-state index contributed by atoms with van der Waals surface area (Å²) < 4.78 is 16.2. The van der Waals surface area contributed by atoms with Crippen LogP contribution in [0.1, 0.15) is 37.7 Å². The molecule has 3 rings (SSSR count). The molecular formula is C24H36N2O6. The smallest absolute Gasteiger partial charge is 0.307 e. The number of rotatable bonds is 10. The zero-order valence-electron chi connectivity index (χ0n) is 19.3. The summed E-state index contributed by atoms with van der Waals surface area (Å²) >= 11 is 0. The molecule has 1 aromatic rings. The van der Waals surface area contributed by atoms with Crippen LogP contribution in [-0.2, 0) is 20.9 Å². The summed E-state index contributed by atoms with van der Waals surface area (Å²) in [7, 11) is 3.18. The van der Waals surface area contributed by atoms with E-state index in [9.17, 15) is 14.7 Å². The molecule has 1 N–H and O–H groups in total. The van der Waals surface area contributed by atoms with Crippen molar-refractivity contribution in [2.75, 3.05) is 53.6 Å². The van der Waals surface area contributed by atoms with Crippen molar-refractivity contribution in [2.24, 2.45) is 11.8 Å². The lowest BCUT2D eigenvalue weighted by atomic mass is 9.78. The minimum atomic E-state index is -0.859. The van der Waals surface area contributed by atoms with Crippen LogP contribution in [0.5, 0.6) is 11.5 Å². The highest BCUT2D eigenvalue weighted by atomic mass is 16.5. The third kappa shape index (κ3) is 6.36. The van der Waals surface area contributed by atoms with E-state index in [1.807, 2.05) is 23.1 Å². The fourth-order valence-electron chi connectivity index (χ4n) is 4.73. The Balaban J connectivity index is 1.73. The normalized spacial score (nSPS) is 21.7. The van der Waals surface area contributed by atoms with Crippen LogP contribution in [0.15, 0.2) is 18.2 Å². The predicted molar refractivity (Wildman–Crippen MR) is 120 cm³/mol. The largest absolute Gasteiger partial charge is 0.493 e. The molecule has 8 nitrogen and oxygen atoms in total. The molecule has 32 heavy (non-hydrogen) atoms. The van der Waals surface area contributed by atoms with E-state index >= 15 is 0 Å². The Labute approximate surface area is 190 Å². The molecule has 0 radical (unpaired) electrons. The highest BCUT2D eigenvalue weighted by Gasteiger charge is 2.37. The molecule has 2 aliphatic rings. The van der Waals surface area contributed by atoms with Gasteiger partial charge in [0.05, 0.1) is 39.3 Å². The molecule has 0 aromatic heterocycles. The Morgan fingerprint density at radius 1 is 1.09 bits per heavy atom. The van der Waals surface area contributed by atoms with Crippen molar-refractivity contribution in [1.82, 2.24) is 9.80 Å². The van der Waals surface area contributed by atoms with Gasteiger partial charge in [-0.1, -0.05) is 18.9 Å². The molecule has 2 atom stereocenters. The van der Waals surface area contributed by atoms with Gasteiger partial charge in [-0.05, 0) is 37.0 Å². The number of morpholine rings is 1. The van der Waals surface area contributed by atoms with Crippen LogP contribution in [0.25, 0.3) is 0 Å². The molecule has 2 fully saturated rings. The second-order valence-corrected chi connectivity index (χ2v) is 8.59. The SMILES string of the molecule is COc1ccc(CN(CCCN2CCOCC2)C(=O)C2CCCCC2C(=O)O)cc1OC. The highest BCUT2D eigenvalue weighted by Crippen LogP contribution is 2.33. The fourth-order valence-corrected chi connectivity index (χ4v) is 4.73. The first-order valence-corrected chi connectivity index (χ1v) is 11.6. The van der Waals surface area contributed by atoms with Crippen LogP contribution in [0.3, 0.4) is 0 Å². The van der Waals surface area contributed by atoms with E-state index < -0.39 is 17.8 Å². The predicted octanol–water partition coefficient (Wildman–Crippen LogP) is 2.65. The van der Waals surface area contributed by atoms with Gasteiger partial charge in [0.25, 0.3) is 0 Å². The van der Waals surface area contributed by atoms with Crippen LogP contribution in [-0.4, -0.2) is 80.4 Å². The molecule has 0 bridgehead atoms. The Morgan fingerprint density at radius 2 is 1.78 bits per heavy atom. The van der Waals surface area contributed by atoms with E-state index in [4.69, 9.17) is 14.2 Å². The van der Waals surface area contributed by atoms with Gasteiger partial charge in [-0.15, -0.1) is 0 Å². The molecule has 8 heteroatoms. The van der Waals surface area contributed by atoms with Gasteiger partial charge >= 0.3 is 5.97 Å². The quantitative estimate of drug-likeness (QED) is 0.589. The van der Waals surface area contributed by atoms with Gasteiger partial charge in [-0.25, -0.2) is 0 Å². The number of carboxylic acid groups (broad SMARTS) is 1. The fraction of sp³-hybridized carbons (Fsp3) is 0.667. The third-order valence-corrected chi connectivity index (χ3v) is 6.54. The van der Waals surface area contributed by atoms with Crippen molar-refractivity contribution in [3.05, 3.63) is 23.8 Å². The average molecular weight is 449 g/mol. The number of nitrogens with zero attached hydrogens (tertiary/aromatic N) is 2. The molecule has 1 heterocycles. The second kappa shape index (κ2) is 12.1. The number of hydrogen-bond acceptors (Lipinski definition) is 6. The van der Waals surface area contributed by atoms with E-state index in [0.29, 0.717) is 37.4 Å². The Kier molecular flexibility index (Phi) is 9.17. The number of carboxylic acids is 1. The molecule has 0 spiro atoms. The number of aliphatic carboxylic acids is 1. The van der Waals surface area contributed by atoms with Gasteiger partial charge < -0.3 is 24.2 Å². The van der Waals surface area contributed by atoms with Gasteiger partial charge in [0.15, 0.2) is 11.5 Å². The topological polar surface area (TPSA) is 88.5 Å². The number of carbonyl (C=O) groups excluding carboxylic acids is 1. The lowest BCUT2D eigenvalue weighted by molar-refractivity contribution is -0.152. The van der Waals surface area contributed by atoms with Crippen molar-refractivity contribution < 1.29 is 28.9 Å². The summed E-state index contributed by atoms with van der Waals surface area (Å²) in [6, 6.07) is 5.65. The molecular weight excluding hydrogens is 412 g/mol. The molecule has 1 saturated carbocycles. The molecule has 1 aliphatic heterocycles. The van der Waals surface area contributed by atoms with Crippen LogP contribution >= 0.6 is 0 Å². The van der Waals surface area contributed by atoms with Crippen molar-refractivity contribution in [3.8, 4) is 11.5 Å². The monoisotopic (exact) mass is 448 g/mol. The van der Waals surface area contributed by atoms with Gasteiger partial charge in [0.1, 0.15) is 0 Å². The molecule has 1 aromatic carbocycles. The zero-order valence-corrected chi connectivity index (χ0v) is 19.3. The maximum atomic E-state index is 13.6. The number of amides is 1. The maximum absolute atomic E-state index is 13.6. The Morgan fingerprint density at radius 3 is 2.44 bits per heavy atom. The summed E-state index contributed by atoms with van der Waals surface area (Å²) in [5.41, 5.74) is 0.935. The average Bonchev–Trinajstić information content (AvgIpc) is 2.83. The Bertz CT molecular complexity index is 765. The van der Waals surface area contributed by atoms with Crippen molar-refractivity contribution in [3.63, 3.8) is 0 Å². The van der Waals surface area contributed by atoms with E-state index in [1.165, 1.54) is 0 Å².